The monoisotopic (exact) mass is 252 g/mol. The first-order chi connectivity index (χ1) is 8.50. The quantitative estimate of drug-likeness (QED) is 0.630. The second-order valence-corrected chi connectivity index (χ2v) is 3.74. The minimum Gasteiger partial charge on any atom is -0.481 e. The summed E-state index contributed by atoms with van der Waals surface area (Å²) in [5, 5.41) is 11.5. The van der Waals surface area contributed by atoms with E-state index >= 15 is 0 Å². The standard InChI is InChI=1S/C12H16N2O4/c1-8(18-9-5-3-2-4-6-9)12(17)14-7-10(15)11(13)16/h2-6,8,10,15H,7H2,1H3,(H2,13,16)(H,14,17). The molecule has 0 aliphatic carbocycles. The van der Waals surface area contributed by atoms with Crippen molar-refractivity contribution in [3.8, 4) is 5.75 Å². The van der Waals surface area contributed by atoms with Crippen LogP contribution in [0, 0.1) is 0 Å². The van der Waals surface area contributed by atoms with Crippen LogP contribution in [-0.2, 0) is 9.59 Å². The molecule has 2 unspecified atom stereocenters. The molecule has 0 aromatic heterocycles. The van der Waals surface area contributed by atoms with E-state index in [0.29, 0.717) is 5.75 Å². The van der Waals surface area contributed by atoms with Gasteiger partial charge in [0, 0.05) is 0 Å². The van der Waals surface area contributed by atoms with Gasteiger partial charge in [-0.05, 0) is 19.1 Å². The van der Waals surface area contributed by atoms with Gasteiger partial charge in [0.1, 0.15) is 11.9 Å². The lowest BCUT2D eigenvalue weighted by Gasteiger charge is -2.15. The highest BCUT2D eigenvalue weighted by molar-refractivity contribution is 5.83. The summed E-state index contributed by atoms with van der Waals surface area (Å²) in [4.78, 5) is 22.1. The zero-order chi connectivity index (χ0) is 13.5. The van der Waals surface area contributed by atoms with Crippen LogP contribution >= 0.6 is 0 Å². The van der Waals surface area contributed by atoms with Gasteiger partial charge in [-0.1, -0.05) is 18.2 Å². The van der Waals surface area contributed by atoms with Gasteiger partial charge in [0.25, 0.3) is 5.91 Å². The third kappa shape index (κ3) is 4.42. The summed E-state index contributed by atoms with van der Waals surface area (Å²) in [6.07, 6.45) is -2.12. The topological polar surface area (TPSA) is 102 Å². The number of nitrogens with one attached hydrogen (secondary N) is 1. The molecule has 0 aliphatic rings. The molecule has 18 heavy (non-hydrogen) atoms. The second kappa shape index (κ2) is 6.61. The third-order valence-electron chi connectivity index (χ3n) is 2.22. The summed E-state index contributed by atoms with van der Waals surface area (Å²) in [7, 11) is 0. The largest absolute Gasteiger partial charge is 0.481 e. The van der Waals surface area contributed by atoms with Gasteiger partial charge in [-0.2, -0.15) is 0 Å². The van der Waals surface area contributed by atoms with E-state index in [9.17, 15) is 9.59 Å². The van der Waals surface area contributed by atoms with Crippen LogP contribution in [0.2, 0.25) is 0 Å². The molecule has 0 bridgehead atoms. The van der Waals surface area contributed by atoms with Crippen molar-refractivity contribution in [3.05, 3.63) is 30.3 Å². The zero-order valence-electron chi connectivity index (χ0n) is 10.00. The molecular formula is C12H16N2O4. The number of aliphatic hydroxyl groups excluding tert-OH is 1. The predicted molar refractivity (Wildman–Crippen MR) is 64.7 cm³/mol. The fraction of sp³-hybridized carbons (Fsp3) is 0.333. The normalized spacial score (nSPS) is 13.4. The number of nitrogens with two attached hydrogens (primary N) is 1. The molecule has 6 heteroatoms. The van der Waals surface area contributed by atoms with Crippen molar-refractivity contribution in [3.63, 3.8) is 0 Å². The Balaban J connectivity index is 2.40. The van der Waals surface area contributed by atoms with Crippen molar-refractivity contribution in [2.45, 2.75) is 19.1 Å². The van der Waals surface area contributed by atoms with Crippen molar-refractivity contribution in [1.29, 1.82) is 0 Å². The molecule has 1 aromatic carbocycles. The predicted octanol–water partition coefficient (Wildman–Crippen LogP) is -0.584. The summed E-state index contributed by atoms with van der Waals surface area (Å²) < 4.78 is 5.36. The summed E-state index contributed by atoms with van der Waals surface area (Å²) in [5.74, 6) is -0.748. The van der Waals surface area contributed by atoms with Crippen LogP contribution in [0.25, 0.3) is 0 Å². The van der Waals surface area contributed by atoms with Crippen molar-refractivity contribution >= 4 is 11.8 Å². The third-order valence-corrected chi connectivity index (χ3v) is 2.22. The van der Waals surface area contributed by atoms with E-state index in [1.165, 1.54) is 0 Å². The Bertz CT molecular complexity index is 408. The lowest BCUT2D eigenvalue weighted by molar-refractivity contribution is -0.129. The average molecular weight is 252 g/mol. The number of aliphatic hydroxyl groups is 1. The number of hydrogen-bond donors (Lipinski definition) is 3. The van der Waals surface area contributed by atoms with E-state index in [0.717, 1.165) is 0 Å². The van der Waals surface area contributed by atoms with Crippen molar-refractivity contribution in [2.24, 2.45) is 5.73 Å². The van der Waals surface area contributed by atoms with E-state index in [1.807, 2.05) is 6.07 Å². The van der Waals surface area contributed by atoms with E-state index in [2.05, 4.69) is 5.32 Å². The first-order valence-electron chi connectivity index (χ1n) is 5.47. The van der Waals surface area contributed by atoms with Gasteiger partial charge < -0.3 is 20.9 Å². The summed E-state index contributed by atoms with van der Waals surface area (Å²) >= 11 is 0. The van der Waals surface area contributed by atoms with Gasteiger partial charge >= 0.3 is 0 Å². The molecule has 2 atom stereocenters. The van der Waals surface area contributed by atoms with Crippen LogP contribution in [0.1, 0.15) is 6.92 Å². The number of hydrogen-bond acceptors (Lipinski definition) is 4. The first-order valence-corrected chi connectivity index (χ1v) is 5.47. The van der Waals surface area contributed by atoms with E-state index in [4.69, 9.17) is 15.6 Å². The number of rotatable bonds is 6. The molecule has 1 rings (SSSR count). The molecule has 0 saturated carbocycles. The molecule has 6 nitrogen and oxygen atoms in total. The van der Waals surface area contributed by atoms with Gasteiger partial charge in [0.05, 0.1) is 6.54 Å². The number of benzene rings is 1. The SMILES string of the molecule is CC(Oc1ccccc1)C(=O)NCC(O)C(N)=O. The highest BCUT2D eigenvalue weighted by Gasteiger charge is 2.17. The smallest absolute Gasteiger partial charge is 0.260 e. The maximum Gasteiger partial charge on any atom is 0.260 e. The molecule has 0 fully saturated rings. The number of ether oxygens (including phenoxy) is 1. The van der Waals surface area contributed by atoms with Gasteiger partial charge in [0.15, 0.2) is 6.10 Å². The lowest BCUT2D eigenvalue weighted by atomic mass is 10.3. The van der Waals surface area contributed by atoms with Crippen molar-refractivity contribution in [2.75, 3.05) is 6.54 Å². The summed E-state index contributed by atoms with van der Waals surface area (Å²) in [6, 6.07) is 8.86. The first kappa shape index (κ1) is 14.0. The van der Waals surface area contributed by atoms with Crippen LogP contribution in [-0.4, -0.2) is 35.7 Å². The van der Waals surface area contributed by atoms with Crippen LogP contribution in [0.15, 0.2) is 30.3 Å². The van der Waals surface area contributed by atoms with Crippen LogP contribution < -0.4 is 15.8 Å². The highest BCUT2D eigenvalue weighted by Crippen LogP contribution is 2.10. The van der Waals surface area contributed by atoms with Crippen LogP contribution in [0.5, 0.6) is 5.75 Å². The molecular weight excluding hydrogens is 236 g/mol. The molecule has 0 spiro atoms. The zero-order valence-corrected chi connectivity index (χ0v) is 10.00. The fourth-order valence-corrected chi connectivity index (χ4v) is 1.20. The van der Waals surface area contributed by atoms with E-state index in [1.54, 1.807) is 31.2 Å². The van der Waals surface area contributed by atoms with Crippen LogP contribution in [0.3, 0.4) is 0 Å². The summed E-state index contributed by atoms with van der Waals surface area (Å²) in [5.41, 5.74) is 4.85. The molecule has 0 radical (unpaired) electrons. The Labute approximate surface area is 105 Å². The van der Waals surface area contributed by atoms with Gasteiger partial charge in [-0.15, -0.1) is 0 Å². The molecule has 1 aromatic rings. The molecule has 0 saturated heterocycles. The fourth-order valence-electron chi connectivity index (χ4n) is 1.20. The van der Waals surface area contributed by atoms with Gasteiger partial charge in [-0.25, -0.2) is 0 Å². The van der Waals surface area contributed by atoms with Gasteiger partial charge in [0.2, 0.25) is 5.91 Å². The van der Waals surface area contributed by atoms with Crippen molar-refractivity contribution < 1.29 is 19.4 Å². The Kier molecular flexibility index (Phi) is 5.13. The molecule has 4 N–H and O–H groups in total. The lowest BCUT2D eigenvalue weighted by Crippen LogP contribution is -2.44. The van der Waals surface area contributed by atoms with E-state index < -0.39 is 24.0 Å². The minimum atomic E-state index is -1.39. The summed E-state index contributed by atoms with van der Waals surface area (Å²) in [6.45, 7) is 1.34. The highest BCUT2D eigenvalue weighted by atomic mass is 16.5. The number of para-hydroxylation sites is 1. The van der Waals surface area contributed by atoms with Crippen LogP contribution in [0.4, 0.5) is 0 Å². The number of carbonyl (C=O) groups excluding carboxylic acids is 2. The number of primary amides is 1. The molecule has 2 amide bonds. The number of amides is 2. The Morgan fingerprint density at radius 2 is 2.00 bits per heavy atom. The Hall–Kier alpha value is -2.08. The molecule has 0 heterocycles. The molecule has 98 valence electrons. The minimum absolute atomic E-state index is 0.226. The van der Waals surface area contributed by atoms with Crippen molar-refractivity contribution in [1.82, 2.24) is 5.32 Å². The molecule has 0 aliphatic heterocycles. The second-order valence-electron chi connectivity index (χ2n) is 3.74. The maximum absolute atomic E-state index is 11.6. The number of carbonyl (C=O) groups is 2. The average Bonchev–Trinajstić information content (AvgIpc) is 2.36. The Morgan fingerprint density at radius 1 is 1.39 bits per heavy atom. The Morgan fingerprint density at radius 3 is 2.56 bits per heavy atom. The van der Waals surface area contributed by atoms with Gasteiger partial charge in [-0.3, -0.25) is 9.59 Å². The maximum atomic E-state index is 11.6. The van der Waals surface area contributed by atoms with E-state index in [-0.39, 0.29) is 6.54 Å².